The number of ether oxygens (including phenoxy) is 1. The second kappa shape index (κ2) is 6.74. The number of hydrogen-bond donors (Lipinski definition) is 1. The summed E-state index contributed by atoms with van der Waals surface area (Å²) in [7, 11) is 0. The molecule has 1 heterocycles. The minimum absolute atomic E-state index is 0.360. The lowest BCUT2D eigenvalue weighted by molar-refractivity contribution is -0.141. The summed E-state index contributed by atoms with van der Waals surface area (Å²) in [5.41, 5.74) is 0.512. The molecule has 1 aromatic heterocycles. The average molecular weight is 352 g/mol. The van der Waals surface area contributed by atoms with Gasteiger partial charge in [0.05, 0.1) is 0 Å². The van der Waals surface area contributed by atoms with E-state index in [4.69, 9.17) is 4.74 Å². The van der Waals surface area contributed by atoms with Crippen LogP contribution in [0.3, 0.4) is 0 Å². The summed E-state index contributed by atoms with van der Waals surface area (Å²) < 4.78 is 43.7. The number of aromatic nitrogens is 1. The fourth-order valence-corrected chi connectivity index (χ4v) is 2.21. The zero-order valence-corrected chi connectivity index (χ0v) is 14.4. The van der Waals surface area contributed by atoms with Crippen molar-refractivity contribution in [1.82, 2.24) is 4.98 Å². The van der Waals surface area contributed by atoms with Gasteiger partial charge in [0.15, 0.2) is 0 Å². The largest absolute Gasteiger partial charge is 0.444 e. The number of amides is 1. The van der Waals surface area contributed by atoms with E-state index in [0.717, 1.165) is 17.8 Å². The van der Waals surface area contributed by atoms with Crippen molar-refractivity contribution in [3.8, 4) is 11.1 Å². The Morgan fingerprint density at radius 1 is 1.08 bits per heavy atom. The predicted molar refractivity (Wildman–Crippen MR) is 89.3 cm³/mol. The topological polar surface area (TPSA) is 51.2 Å². The number of hydrogen-bond acceptors (Lipinski definition) is 3. The number of pyridine rings is 1. The molecule has 0 unspecified atom stereocenters. The first kappa shape index (κ1) is 18.8. The number of anilines is 1. The Labute approximate surface area is 144 Å². The van der Waals surface area contributed by atoms with E-state index < -0.39 is 23.6 Å². The standard InChI is InChI=1S/C18H19F3N2O2/c1-11-7-13(12-5-6-22-15(10-12)18(19,20)21)9-14(8-11)23-16(24)25-17(2,3)4/h5-10H,1-4H3,(H,23,24). The number of nitrogens with one attached hydrogen (secondary N) is 1. The fourth-order valence-electron chi connectivity index (χ4n) is 2.21. The van der Waals surface area contributed by atoms with Gasteiger partial charge in [0, 0.05) is 11.9 Å². The number of carbonyl (C=O) groups is 1. The number of rotatable bonds is 2. The lowest BCUT2D eigenvalue weighted by atomic mass is 10.0. The maximum Gasteiger partial charge on any atom is 0.433 e. The lowest BCUT2D eigenvalue weighted by Gasteiger charge is -2.20. The van der Waals surface area contributed by atoms with Crippen molar-refractivity contribution in [1.29, 1.82) is 0 Å². The van der Waals surface area contributed by atoms with E-state index in [0.29, 0.717) is 16.8 Å². The molecule has 7 heteroatoms. The summed E-state index contributed by atoms with van der Waals surface area (Å²) in [6, 6.07) is 7.49. The van der Waals surface area contributed by atoms with Crippen molar-refractivity contribution in [2.24, 2.45) is 0 Å². The number of aryl methyl sites for hydroxylation is 1. The summed E-state index contributed by atoms with van der Waals surface area (Å²) in [6.45, 7) is 7.01. The molecule has 0 saturated heterocycles. The highest BCUT2D eigenvalue weighted by Gasteiger charge is 2.32. The summed E-state index contributed by atoms with van der Waals surface area (Å²) in [6.07, 6.45) is -4.03. The Bertz CT molecular complexity index is 781. The SMILES string of the molecule is Cc1cc(NC(=O)OC(C)(C)C)cc(-c2ccnc(C(F)(F)F)c2)c1. The second-order valence-electron chi connectivity index (χ2n) is 6.64. The van der Waals surface area contributed by atoms with Gasteiger partial charge in [-0.25, -0.2) is 4.79 Å². The quantitative estimate of drug-likeness (QED) is 0.785. The van der Waals surface area contributed by atoms with Gasteiger partial charge < -0.3 is 4.74 Å². The fraction of sp³-hybridized carbons (Fsp3) is 0.333. The van der Waals surface area contributed by atoms with Crippen molar-refractivity contribution in [2.75, 3.05) is 5.32 Å². The molecule has 0 aliphatic carbocycles. The van der Waals surface area contributed by atoms with Crippen LogP contribution in [0.2, 0.25) is 0 Å². The number of benzene rings is 1. The highest BCUT2D eigenvalue weighted by molar-refractivity contribution is 5.86. The summed E-state index contributed by atoms with van der Waals surface area (Å²) in [4.78, 5) is 15.2. The molecule has 0 aliphatic heterocycles. The van der Waals surface area contributed by atoms with E-state index in [1.807, 2.05) is 0 Å². The average Bonchev–Trinajstić information content (AvgIpc) is 2.43. The summed E-state index contributed by atoms with van der Waals surface area (Å²) in [5.74, 6) is 0. The second-order valence-corrected chi connectivity index (χ2v) is 6.64. The van der Waals surface area contributed by atoms with Crippen LogP contribution in [-0.4, -0.2) is 16.7 Å². The van der Waals surface area contributed by atoms with Crippen LogP contribution in [-0.2, 0) is 10.9 Å². The maximum atomic E-state index is 12.8. The Kier molecular flexibility index (Phi) is 5.06. The van der Waals surface area contributed by atoms with Crippen LogP contribution in [0.15, 0.2) is 36.5 Å². The van der Waals surface area contributed by atoms with Crippen LogP contribution in [0.1, 0.15) is 32.0 Å². The van der Waals surface area contributed by atoms with Crippen molar-refractivity contribution in [3.05, 3.63) is 47.8 Å². The molecule has 2 rings (SSSR count). The van der Waals surface area contributed by atoms with Crippen molar-refractivity contribution in [2.45, 2.75) is 39.5 Å². The van der Waals surface area contributed by atoms with E-state index >= 15 is 0 Å². The molecule has 0 bridgehead atoms. The van der Waals surface area contributed by atoms with E-state index in [-0.39, 0.29) is 0 Å². The van der Waals surface area contributed by atoms with E-state index in [1.165, 1.54) is 6.07 Å². The number of carbonyl (C=O) groups excluding carboxylic acids is 1. The van der Waals surface area contributed by atoms with Crippen LogP contribution < -0.4 is 5.32 Å². The van der Waals surface area contributed by atoms with Crippen LogP contribution >= 0.6 is 0 Å². The van der Waals surface area contributed by atoms with E-state index in [1.54, 1.807) is 45.9 Å². The van der Waals surface area contributed by atoms with Gasteiger partial charge in [-0.05, 0) is 68.7 Å². The van der Waals surface area contributed by atoms with Crippen LogP contribution in [0.5, 0.6) is 0 Å². The molecule has 2 aromatic rings. The Morgan fingerprint density at radius 3 is 2.36 bits per heavy atom. The summed E-state index contributed by atoms with van der Waals surface area (Å²) in [5, 5.41) is 2.60. The molecular formula is C18H19F3N2O2. The van der Waals surface area contributed by atoms with Crippen LogP contribution in [0.4, 0.5) is 23.7 Å². The molecule has 134 valence electrons. The lowest BCUT2D eigenvalue weighted by Crippen LogP contribution is -2.27. The first-order chi connectivity index (χ1) is 11.4. The Morgan fingerprint density at radius 2 is 1.76 bits per heavy atom. The number of alkyl halides is 3. The monoisotopic (exact) mass is 352 g/mol. The molecule has 0 aliphatic rings. The highest BCUT2D eigenvalue weighted by Crippen LogP contribution is 2.31. The Hall–Kier alpha value is -2.57. The zero-order valence-electron chi connectivity index (χ0n) is 14.4. The molecule has 0 saturated carbocycles. The zero-order chi connectivity index (χ0) is 18.8. The molecule has 25 heavy (non-hydrogen) atoms. The number of nitrogens with zero attached hydrogens (tertiary/aromatic N) is 1. The van der Waals surface area contributed by atoms with Gasteiger partial charge in [-0.3, -0.25) is 10.3 Å². The van der Waals surface area contributed by atoms with Gasteiger partial charge in [-0.2, -0.15) is 13.2 Å². The smallest absolute Gasteiger partial charge is 0.433 e. The number of halogens is 3. The molecular weight excluding hydrogens is 333 g/mol. The normalized spacial score (nSPS) is 12.0. The van der Waals surface area contributed by atoms with E-state index in [9.17, 15) is 18.0 Å². The molecule has 0 atom stereocenters. The third kappa shape index (κ3) is 5.48. The van der Waals surface area contributed by atoms with Gasteiger partial charge in [-0.1, -0.05) is 6.07 Å². The van der Waals surface area contributed by atoms with E-state index in [2.05, 4.69) is 10.3 Å². The minimum Gasteiger partial charge on any atom is -0.444 e. The maximum absolute atomic E-state index is 12.8. The first-order valence-corrected chi connectivity index (χ1v) is 7.59. The molecule has 0 spiro atoms. The minimum atomic E-state index is -4.52. The van der Waals surface area contributed by atoms with Crippen LogP contribution in [0.25, 0.3) is 11.1 Å². The van der Waals surface area contributed by atoms with Gasteiger partial charge in [0.1, 0.15) is 11.3 Å². The first-order valence-electron chi connectivity index (χ1n) is 7.59. The van der Waals surface area contributed by atoms with Gasteiger partial charge >= 0.3 is 12.3 Å². The van der Waals surface area contributed by atoms with Gasteiger partial charge in [-0.15, -0.1) is 0 Å². The molecule has 1 amide bonds. The molecule has 0 fully saturated rings. The third-order valence-corrected chi connectivity index (χ3v) is 3.11. The highest BCUT2D eigenvalue weighted by atomic mass is 19.4. The molecule has 1 aromatic carbocycles. The summed E-state index contributed by atoms with van der Waals surface area (Å²) >= 11 is 0. The third-order valence-electron chi connectivity index (χ3n) is 3.11. The van der Waals surface area contributed by atoms with Crippen LogP contribution in [0, 0.1) is 6.92 Å². The molecule has 1 N–H and O–H groups in total. The van der Waals surface area contributed by atoms with Gasteiger partial charge in [0.25, 0.3) is 0 Å². The van der Waals surface area contributed by atoms with Crippen molar-refractivity contribution >= 4 is 11.8 Å². The Balaban J connectivity index is 2.32. The predicted octanol–water partition coefficient (Wildman–Crippen LogP) is 5.42. The van der Waals surface area contributed by atoms with Crippen molar-refractivity contribution in [3.63, 3.8) is 0 Å². The molecule has 0 radical (unpaired) electrons. The molecule has 4 nitrogen and oxygen atoms in total. The van der Waals surface area contributed by atoms with Crippen molar-refractivity contribution < 1.29 is 22.7 Å². The van der Waals surface area contributed by atoms with Gasteiger partial charge in [0.2, 0.25) is 0 Å².